The topological polar surface area (TPSA) is 51.2 Å². The highest BCUT2D eigenvalue weighted by Crippen LogP contribution is 2.29. The molecule has 5 heteroatoms. The van der Waals surface area contributed by atoms with Crippen LogP contribution in [0.3, 0.4) is 0 Å². The molecule has 0 amide bonds. The molecule has 0 saturated heterocycles. The summed E-state index contributed by atoms with van der Waals surface area (Å²) in [6.45, 7) is 2.13. The number of carbonyl (C=O) groups is 1. The Morgan fingerprint density at radius 2 is 2.20 bits per heavy atom. The minimum atomic E-state index is -3.03. The Kier molecular flexibility index (Phi) is 5.38. The molecule has 0 N–H and O–H groups in total. The van der Waals surface area contributed by atoms with E-state index in [4.69, 9.17) is 0 Å². The third-order valence-corrected chi connectivity index (χ3v) is 7.24. The van der Waals surface area contributed by atoms with Gasteiger partial charge in [0.25, 0.3) is 0 Å². The smallest absolute Gasteiger partial charge is 0.172 e. The second-order valence-corrected chi connectivity index (χ2v) is 9.11. The molecule has 2 rings (SSSR count). The highest BCUT2D eigenvalue weighted by atomic mass is 32.2. The van der Waals surface area contributed by atoms with Crippen LogP contribution in [0, 0.1) is 5.92 Å². The molecule has 0 bridgehead atoms. The molecule has 0 radical (unpaired) electrons. The molecule has 1 heterocycles. The van der Waals surface area contributed by atoms with E-state index in [0.29, 0.717) is 18.8 Å². The second-order valence-electron chi connectivity index (χ2n) is 5.76. The summed E-state index contributed by atoms with van der Waals surface area (Å²) in [7, 11) is -3.03. The first-order chi connectivity index (χ1) is 9.49. The van der Waals surface area contributed by atoms with E-state index in [1.807, 2.05) is 11.4 Å². The second kappa shape index (κ2) is 6.85. The Balaban J connectivity index is 1.82. The maximum atomic E-state index is 12.3. The number of hydrogen-bond acceptors (Lipinski definition) is 4. The van der Waals surface area contributed by atoms with Crippen molar-refractivity contribution in [1.82, 2.24) is 0 Å². The van der Waals surface area contributed by atoms with Crippen LogP contribution < -0.4 is 0 Å². The van der Waals surface area contributed by atoms with E-state index in [0.717, 1.165) is 30.6 Å². The van der Waals surface area contributed by atoms with Crippen molar-refractivity contribution in [3.05, 3.63) is 22.4 Å². The fraction of sp³-hybridized carbons (Fsp3) is 0.667. The zero-order valence-corrected chi connectivity index (χ0v) is 13.5. The molecule has 1 aromatic rings. The van der Waals surface area contributed by atoms with Crippen LogP contribution in [0.5, 0.6) is 0 Å². The Bertz CT molecular complexity index is 531. The highest BCUT2D eigenvalue weighted by molar-refractivity contribution is 7.92. The maximum absolute atomic E-state index is 12.3. The van der Waals surface area contributed by atoms with Gasteiger partial charge < -0.3 is 0 Å². The zero-order valence-electron chi connectivity index (χ0n) is 11.9. The summed E-state index contributed by atoms with van der Waals surface area (Å²) in [5, 5.41) is 1.69. The van der Waals surface area contributed by atoms with E-state index in [-0.39, 0.29) is 16.8 Å². The Labute approximate surface area is 125 Å². The number of thiophene rings is 1. The predicted octanol–water partition coefficient (Wildman–Crippen LogP) is 3.70. The molecule has 20 heavy (non-hydrogen) atoms. The lowest BCUT2D eigenvalue weighted by Gasteiger charge is -2.26. The fourth-order valence-corrected chi connectivity index (χ4v) is 5.59. The highest BCUT2D eigenvalue weighted by Gasteiger charge is 2.29. The molecule has 2 atom stereocenters. The summed E-state index contributed by atoms with van der Waals surface area (Å²) in [5.41, 5.74) is 0. The van der Waals surface area contributed by atoms with Crippen molar-refractivity contribution in [2.24, 2.45) is 5.92 Å². The van der Waals surface area contributed by atoms with Crippen molar-refractivity contribution in [2.75, 3.05) is 5.75 Å². The quantitative estimate of drug-likeness (QED) is 0.752. The molecule has 112 valence electrons. The third kappa shape index (κ3) is 4.16. The molecule has 0 aliphatic heterocycles. The van der Waals surface area contributed by atoms with Crippen LogP contribution >= 0.6 is 11.3 Å². The lowest BCUT2D eigenvalue weighted by molar-refractivity contribution is 0.0986. The van der Waals surface area contributed by atoms with E-state index in [1.54, 1.807) is 6.07 Å². The van der Waals surface area contributed by atoms with Gasteiger partial charge in [0.2, 0.25) is 0 Å². The van der Waals surface area contributed by atoms with Gasteiger partial charge in [0.1, 0.15) is 0 Å². The van der Waals surface area contributed by atoms with Gasteiger partial charge in [-0.1, -0.05) is 25.8 Å². The van der Waals surface area contributed by atoms with Crippen molar-refractivity contribution < 1.29 is 13.2 Å². The first-order valence-corrected chi connectivity index (χ1v) is 9.87. The Hall–Kier alpha value is -0.680. The van der Waals surface area contributed by atoms with Crippen LogP contribution in [0.15, 0.2) is 17.5 Å². The van der Waals surface area contributed by atoms with E-state index < -0.39 is 9.84 Å². The van der Waals surface area contributed by atoms with Crippen molar-refractivity contribution in [3.8, 4) is 0 Å². The summed E-state index contributed by atoms with van der Waals surface area (Å²) >= 11 is 1.42. The van der Waals surface area contributed by atoms with Gasteiger partial charge >= 0.3 is 0 Å². The summed E-state index contributed by atoms with van der Waals surface area (Å²) in [6, 6.07) is 3.64. The zero-order chi connectivity index (χ0) is 14.6. The average Bonchev–Trinajstić information content (AvgIpc) is 2.92. The van der Waals surface area contributed by atoms with Crippen LogP contribution in [0.25, 0.3) is 0 Å². The lowest BCUT2D eigenvalue weighted by Crippen LogP contribution is -2.29. The number of carbonyl (C=O) groups excluding carboxylic acids is 1. The number of rotatable bonds is 6. The fourth-order valence-electron chi connectivity index (χ4n) is 2.87. The van der Waals surface area contributed by atoms with Crippen LogP contribution in [-0.4, -0.2) is 25.2 Å². The van der Waals surface area contributed by atoms with Gasteiger partial charge in [-0.15, -0.1) is 11.3 Å². The van der Waals surface area contributed by atoms with Crippen molar-refractivity contribution >= 4 is 27.0 Å². The minimum absolute atomic E-state index is 0.0622. The monoisotopic (exact) mass is 314 g/mol. The van der Waals surface area contributed by atoms with Gasteiger partial charge in [-0.3, -0.25) is 4.79 Å². The molecule has 0 spiro atoms. The van der Waals surface area contributed by atoms with Gasteiger partial charge in [0, 0.05) is 6.42 Å². The van der Waals surface area contributed by atoms with Crippen LogP contribution in [0.4, 0.5) is 0 Å². The Morgan fingerprint density at radius 3 is 2.85 bits per heavy atom. The minimum Gasteiger partial charge on any atom is -0.293 e. The number of hydrogen-bond donors (Lipinski definition) is 0. The molecule has 1 saturated carbocycles. The van der Waals surface area contributed by atoms with Gasteiger partial charge in [-0.2, -0.15) is 0 Å². The number of ketones is 1. The number of Topliss-reactive ketones (excluding diaryl/α,β-unsaturated/α-hetero) is 1. The molecule has 0 aromatic carbocycles. The molecule has 1 aliphatic carbocycles. The standard InChI is InChI=1S/C15H22O3S2/c1-12-5-2-6-13(11-12)20(17,18)10-4-7-14(16)15-8-3-9-19-15/h3,8-9,12-13H,2,4-7,10-11H2,1H3. The SMILES string of the molecule is CC1CCCC(S(=O)(=O)CCCC(=O)c2cccs2)C1. The van der Waals surface area contributed by atoms with Crippen LogP contribution in [0.2, 0.25) is 0 Å². The van der Waals surface area contributed by atoms with Crippen LogP contribution in [-0.2, 0) is 9.84 Å². The normalized spacial score (nSPS) is 23.6. The molecular formula is C15H22O3S2. The van der Waals surface area contributed by atoms with Crippen molar-refractivity contribution in [2.45, 2.75) is 50.7 Å². The molecule has 3 nitrogen and oxygen atoms in total. The summed E-state index contributed by atoms with van der Waals surface area (Å²) in [5.74, 6) is 0.727. The van der Waals surface area contributed by atoms with E-state index in [1.165, 1.54) is 11.3 Å². The van der Waals surface area contributed by atoms with Gasteiger partial charge in [0.05, 0.1) is 15.9 Å². The first-order valence-electron chi connectivity index (χ1n) is 7.27. The van der Waals surface area contributed by atoms with E-state index in [9.17, 15) is 13.2 Å². The molecule has 1 aromatic heterocycles. The predicted molar refractivity (Wildman–Crippen MR) is 83.1 cm³/mol. The molecular weight excluding hydrogens is 292 g/mol. The van der Waals surface area contributed by atoms with Crippen molar-refractivity contribution in [1.29, 1.82) is 0 Å². The number of sulfone groups is 1. The summed E-state index contributed by atoms with van der Waals surface area (Å²) < 4.78 is 24.6. The first kappa shape index (κ1) is 15.7. The van der Waals surface area contributed by atoms with Gasteiger partial charge in [-0.25, -0.2) is 8.42 Å². The molecule has 1 fully saturated rings. The van der Waals surface area contributed by atoms with Gasteiger partial charge in [-0.05, 0) is 36.6 Å². The summed E-state index contributed by atoms with van der Waals surface area (Å²) in [6.07, 6.45) is 4.53. The van der Waals surface area contributed by atoms with E-state index >= 15 is 0 Å². The largest absolute Gasteiger partial charge is 0.293 e. The lowest BCUT2D eigenvalue weighted by atomic mass is 9.91. The average molecular weight is 314 g/mol. The summed E-state index contributed by atoms with van der Waals surface area (Å²) in [4.78, 5) is 12.6. The Morgan fingerprint density at radius 1 is 1.40 bits per heavy atom. The maximum Gasteiger partial charge on any atom is 0.172 e. The van der Waals surface area contributed by atoms with Crippen molar-refractivity contribution in [3.63, 3.8) is 0 Å². The van der Waals surface area contributed by atoms with E-state index in [2.05, 4.69) is 6.92 Å². The van der Waals surface area contributed by atoms with Gasteiger partial charge in [0.15, 0.2) is 15.6 Å². The van der Waals surface area contributed by atoms with Crippen LogP contribution in [0.1, 0.15) is 55.1 Å². The molecule has 2 unspecified atom stereocenters. The third-order valence-electron chi connectivity index (χ3n) is 4.02. The molecule has 1 aliphatic rings.